The summed E-state index contributed by atoms with van der Waals surface area (Å²) in [4.78, 5) is 26.5. The number of benzene rings is 1. The minimum atomic E-state index is -1.78. The Morgan fingerprint density at radius 2 is 1.65 bits per heavy atom. The standard InChI is InChI=1S/C24H31NO9/c1-11-10-33-22-13(3)23-16(7-15(11)22)12(2)14(24(32)34-23)5-6-19(29)25(4)8-17(27)20(30)21(31)18(28)9-26/h7,10,17-18,20-21,26-28,30-31H,5-6,8-9H2,1-4H3/t17-,18+,20-,21+/m0/s1. The van der Waals surface area contributed by atoms with Crippen LogP contribution >= 0.6 is 0 Å². The van der Waals surface area contributed by atoms with Gasteiger partial charge in [0.15, 0.2) is 0 Å². The largest absolute Gasteiger partial charge is 0.464 e. The molecule has 0 bridgehead atoms. The van der Waals surface area contributed by atoms with Crippen molar-refractivity contribution in [3.05, 3.63) is 45.0 Å². The summed E-state index contributed by atoms with van der Waals surface area (Å²) in [6, 6.07) is 1.91. The molecule has 0 aliphatic carbocycles. The van der Waals surface area contributed by atoms with Crippen LogP contribution in [0, 0.1) is 20.8 Å². The van der Waals surface area contributed by atoms with E-state index in [9.17, 15) is 30.0 Å². The maximum atomic E-state index is 12.7. The highest BCUT2D eigenvalue weighted by atomic mass is 16.4. The third-order valence-corrected chi connectivity index (χ3v) is 6.34. The Morgan fingerprint density at radius 1 is 1.00 bits per heavy atom. The van der Waals surface area contributed by atoms with Gasteiger partial charge in [0.2, 0.25) is 5.91 Å². The maximum Gasteiger partial charge on any atom is 0.339 e. The molecular formula is C24H31NO9. The van der Waals surface area contributed by atoms with E-state index < -0.39 is 42.6 Å². The van der Waals surface area contributed by atoms with Gasteiger partial charge in [-0.15, -0.1) is 0 Å². The average molecular weight is 478 g/mol. The molecule has 10 heteroatoms. The van der Waals surface area contributed by atoms with Crippen LogP contribution in [-0.2, 0) is 11.2 Å². The highest BCUT2D eigenvalue weighted by molar-refractivity contribution is 5.99. The molecule has 0 unspecified atom stereocenters. The van der Waals surface area contributed by atoms with Crippen LogP contribution in [-0.4, -0.2) is 81.0 Å². The van der Waals surface area contributed by atoms with Crippen LogP contribution < -0.4 is 5.63 Å². The highest BCUT2D eigenvalue weighted by Crippen LogP contribution is 2.32. The van der Waals surface area contributed by atoms with Crippen LogP contribution in [0.1, 0.15) is 28.7 Å². The molecule has 0 aliphatic rings. The number of aliphatic hydroxyl groups excluding tert-OH is 5. The lowest BCUT2D eigenvalue weighted by Gasteiger charge is -2.28. The molecule has 1 amide bonds. The molecule has 34 heavy (non-hydrogen) atoms. The molecule has 0 radical (unpaired) electrons. The molecule has 2 heterocycles. The Balaban J connectivity index is 1.75. The normalized spacial score (nSPS) is 15.4. The van der Waals surface area contributed by atoms with E-state index in [4.69, 9.17) is 13.9 Å². The van der Waals surface area contributed by atoms with Crippen molar-refractivity contribution in [3.63, 3.8) is 0 Å². The monoisotopic (exact) mass is 477 g/mol. The van der Waals surface area contributed by atoms with Gasteiger partial charge in [-0.05, 0) is 44.4 Å². The minimum Gasteiger partial charge on any atom is -0.464 e. The van der Waals surface area contributed by atoms with E-state index in [2.05, 4.69) is 0 Å². The fraction of sp³-hybridized carbons (Fsp3) is 0.500. The number of rotatable bonds is 9. The molecule has 0 saturated carbocycles. The molecule has 1 aromatic carbocycles. The van der Waals surface area contributed by atoms with Gasteiger partial charge in [-0.1, -0.05) is 0 Å². The van der Waals surface area contributed by atoms with Crippen molar-refractivity contribution in [2.75, 3.05) is 20.2 Å². The molecule has 2 aromatic heterocycles. The van der Waals surface area contributed by atoms with Gasteiger partial charge >= 0.3 is 5.63 Å². The first-order valence-electron chi connectivity index (χ1n) is 11.0. The molecule has 0 fully saturated rings. The van der Waals surface area contributed by atoms with Crippen molar-refractivity contribution in [2.45, 2.75) is 58.0 Å². The number of carbonyl (C=O) groups is 1. The quantitative estimate of drug-likeness (QED) is 0.272. The van der Waals surface area contributed by atoms with Crippen LogP contribution in [0.15, 0.2) is 26.0 Å². The van der Waals surface area contributed by atoms with E-state index in [1.54, 1.807) is 13.2 Å². The number of hydrogen-bond donors (Lipinski definition) is 5. The zero-order chi connectivity index (χ0) is 25.3. The number of fused-ring (bicyclic) bond motifs is 2. The number of nitrogens with zero attached hydrogens (tertiary/aromatic N) is 1. The summed E-state index contributed by atoms with van der Waals surface area (Å²) >= 11 is 0. The topological polar surface area (TPSA) is 165 Å². The van der Waals surface area contributed by atoms with Crippen LogP contribution in [0.5, 0.6) is 0 Å². The van der Waals surface area contributed by atoms with E-state index in [0.717, 1.165) is 26.8 Å². The smallest absolute Gasteiger partial charge is 0.339 e. The van der Waals surface area contributed by atoms with Gasteiger partial charge < -0.3 is 39.3 Å². The number of aryl methyl sites for hydroxylation is 3. The Kier molecular flexibility index (Phi) is 7.79. The molecule has 5 N–H and O–H groups in total. The van der Waals surface area contributed by atoms with Gasteiger partial charge in [-0.25, -0.2) is 4.79 Å². The summed E-state index contributed by atoms with van der Waals surface area (Å²) < 4.78 is 11.2. The van der Waals surface area contributed by atoms with Crippen LogP contribution in [0.25, 0.3) is 21.9 Å². The van der Waals surface area contributed by atoms with Crippen molar-refractivity contribution in [2.24, 2.45) is 0 Å². The Labute approximate surface area is 195 Å². The highest BCUT2D eigenvalue weighted by Gasteiger charge is 2.31. The van der Waals surface area contributed by atoms with Gasteiger partial charge in [0.05, 0.1) is 12.9 Å². The molecule has 3 aromatic rings. The van der Waals surface area contributed by atoms with Crippen LogP contribution in [0.4, 0.5) is 0 Å². The number of aliphatic hydroxyl groups is 5. The van der Waals surface area contributed by atoms with Crippen molar-refractivity contribution < 1.29 is 39.2 Å². The van der Waals surface area contributed by atoms with Crippen molar-refractivity contribution in [3.8, 4) is 0 Å². The molecule has 186 valence electrons. The van der Waals surface area contributed by atoms with Crippen molar-refractivity contribution >= 4 is 27.8 Å². The van der Waals surface area contributed by atoms with Crippen molar-refractivity contribution in [1.82, 2.24) is 4.90 Å². The lowest BCUT2D eigenvalue weighted by molar-refractivity contribution is -0.137. The molecule has 0 saturated heterocycles. The first kappa shape index (κ1) is 25.9. The number of likely N-dealkylation sites (N-methyl/N-ethyl adjacent to an activating group) is 1. The van der Waals surface area contributed by atoms with Crippen LogP contribution in [0.3, 0.4) is 0 Å². The van der Waals surface area contributed by atoms with Crippen LogP contribution in [0.2, 0.25) is 0 Å². The number of furan rings is 1. The number of carbonyl (C=O) groups excluding carboxylic acids is 1. The van der Waals surface area contributed by atoms with E-state index in [1.807, 2.05) is 19.9 Å². The molecule has 4 atom stereocenters. The van der Waals surface area contributed by atoms with E-state index in [-0.39, 0.29) is 19.4 Å². The second-order valence-corrected chi connectivity index (χ2v) is 8.74. The van der Waals surface area contributed by atoms with Crippen molar-refractivity contribution in [1.29, 1.82) is 0 Å². The SMILES string of the molecule is Cc1coc2c(C)c3oc(=O)c(CCC(=O)N(C)C[C@H](O)[C@H](O)[C@H](O)[C@H](O)CO)c(C)c3cc12. The van der Waals surface area contributed by atoms with Gasteiger partial charge in [-0.3, -0.25) is 4.79 Å². The zero-order valence-corrected chi connectivity index (χ0v) is 19.6. The van der Waals surface area contributed by atoms with Gasteiger partial charge in [0, 0.05) is 41.9 Å². The molecule has 0 spiro atoms. The lowest BCUT2D eigenvalue weighted by atomic mass is 9.98. The number of hydrogen-bond acceptors (Lipinski definition) is 9. The summed E-state index contributed by atoms with van der Waals surface area (Å²) in [5.41, 5.74) is 3.33. The molecule has 10 nitrogen and oxygen atoms in total. The summed E-state index contributed by atoms with van der Waals surface area (Å²) in [6.45, 7) is 4.44. The summed E-state index contributed by atoms with van der Waals surface area (Å²) in [5, 5.41) is 49.7. The summed E-state index contributed by atoms with van der Waals surface area (Å²) in [6.07, 6.45) is -5.02. The third-order valence-electron chi connectivity index (χ3n) is 6.34. The Hall–Kier alpha value is -2.76. The maximum absolute atomic E-state index is 12.7. The number of amides is 1. The van der Waals surface area contributed by atoms with E-state index in [1.165, 1.54) is 7.05 Å². The first-order valence-corrected chi connectivity index (χ1v) is 11.0. The van der Waals surface area contributed by atoms with Gasteiger partial charge in [0.1, 0.15) is 35.6 Å². The van der Waals surface area contributed by atoms with Gasteiger partial charge in [0.25, 0.3) is 0 Å². The Morgan fingerprint density at radius 3 is 2.29 bits per heavy atom. The first-order chi connectivity index (χ1) is 16.0. The third kappa shape index (κ3) is 4.86. The second-order valence-electron chi connectivity index (χ2n) is 8.74. The lowest BCUT2D eigenvalue weighted by Crippen LogP contribution is -2.50. The minimum absolute atomic E-state index is 0.0514. The average Bonchev–Trinajstić information content (AvgIpc) is 3.18. The predicted molar refractivity (Wildman–Crippen MR) is 124 cm³/mol. The van der Waals surface area contributed by atoms with E-state index in [0.29, 0.717) is 22.3 Å². The predicted octanol–water partition coefficient (Wildman–Crippen LogP) is 0.291. The summed E-state index contributed by atoms with van der Waals surface area (Å²) in [7, 11) is 1.41. The summed E-state index contributed by atoms with van der Waals surface area (Å²) in [5.74, 6) is -0.403. The second kappa shape index (κ2) is 10.2. The fourth-order valence-corrected chi connectivity index (χ4v) is 4.08. The molecule has 3 rings (SSSR count). The van der Waals surface area contributed by atoms with Gasteiger partial charge in [-0.2, -0.15) is 0 Å². The Bertz CT molecular complexity index is 1240. The molecular weight excluding hydrogens is 446 g/mol. The zero-order valence-electron chi connectivity index (χ0n) is 19.6. The van der Waals surface area contributed by atoms with E-state index >= 15 is 0 Å². The molecule has 0 aliphatic heterocycles. The fourth-order valence-electron chi connectivity index (χ4n) is 4.08.